The molecule has 0 saturated heterocycles. The van der Waals surface area contributed by atoms with Crippen molar-refractivity contribution in [3.63, 3.8) is 0 Å². The molecule has 5 heteroatoms. The monoisotopic (exact) mass is 375 g/mol. The number of amides is 1. The number of allylic oxidation sites excluding steroid dienone is 1. The van der Waals surface area contributed by atoms with Gasteiger partial charge in [0, 0.05) is 25.1 Å². The van der Waals surface area contributed by atoms with E-state index in [4.69, 9.17) is 10.5 Å². The van der Waals surface area contributed by atoms with E-state index >= 15 is 0 Å². The molecule has 1 radical (unpaired) electrons. The van der Waals surface area contributed by atoms with Crippen LogP contribution in [0.1, 0.15) is 52.9 Å². The predicted octanol–water partition coefficient (Wildman–Crippen LogP) is 4.73. The van der Waals surface area contributed by atoms with Crippen LogP contribution in [-0.2, 0) is 28.1 Å². The Labute approximate surface area is 161 Å². The Balaban J connectivity index is -0.000000817. The molecule has 1 rings (SSSR count). The molecule has 1 aliphatic rings. The Morgan fingerprint density at radius 1 is 1.42 bits per heavy atom. The molecule has 0 spiro atoms. The maximum absolute atomic E-state index is 11.7. The Hall–Kier alpha value is -0.546. The van der Waals surface area contributed by atoms with Crippen LogP contribution in [0.5, 0.6) is 0 Å². The van der Waals surface area contributed by atoms with Gasteiger partial charge in [0.15, 0.2) is 0 Å². The van der Waals surface area contributed by atoms with Crippen LogP contribution in [0.25, 0.3) is 5.73 Å². The summed E-state index contributed by atoms with van der Waals surface area (Å²) in [7, 11) is 1.25. The first-order chi connectivity index (χ1) is 11.2. The average molecular weight is 375 g/mol. The van der Waals surface area contributed by atoms with E-state index in [-0.39, 0.29) is 24.5 Å². The second-order valence-corrected chi connectivity index (χ2v) is 5.05. The van der Waals surface area contributed by atoms with Crippen molar-refractivity contribution in [3.8, 4) is 0 Å². The quantitative estimate of drug-likeness (QED) is 0.289. The fourth-order valence-corrected chi connectivity index (χ4v) is 2.27. The zero-order valence-electron chi connectivity index (χ0n) is 16.0. The molecule has 139 valence electrons. The summed E-state index contributed by atoms with van der Waals surface area (Å²) < 4.78 is 5.44. The van der Waals surface area contributed by atoms with Crippen molar-refractivity contribution in [2.45, 2.75) is 52.9 Å². The third-order valence-electron chi connectivity index (χ3n) is 3.37. The van der Waals surface area contributed by atoms with Gasteiger partial charge in [-0.3, -0.25) is 4.79 Å². The van der Waals surface area contributed by atoms with Crippen molar-refractivity contribution in [3.05, 3.63) is 36.5 Å². The molecule has 1 atom stereocenters. The third-order valence-corrected chi connectivity index (χ3v) is 3.37. The summed E-state index contributed by atoms with van der Waals surface area (Å²) in [6.07, 6.45) is 6.47. The topological polar surface area (TPSA) is 62.1 Å². The molecule has 1 saturated carbocycles. The van der Waals surface area contributed by atoms with Crippen LogP contribution in [0.3, 0.4) is 0 Å². The van der Waals surface area contributed by atoms with Crippen LogP contribution in [-0.4, -0.2) is 32.7 Å². The minimum Gasteiger partial charge on any atom is -0.680 e. The van der Waals surface area contributed by atoms with Gasteiger partial charge in [-0.2, -0.15) is 13.5 Å². The van der Waals surface area contributed by atoms with Gasteiger partial charge < -0.3 is 22.7 Å². The number of nitrogens with one attached hydrogen (secondary N) is 2. The molecule has 0 bridgehead atoms. The molecule has 4 nitrogen and oxygen atoms in total. The predicted molar refractivity (Wildman–Crippen MR) is 100 cm³/mol. The van der Waals surface area contributed by atoms with Gasteiger partial charge in [-0.15, -0.1) is 0 Å². The first-order valence-corrected chi connectivity index (χ1v) is 8.69. The van der Waals surface area contributed by atoms with Crippen molar-refractivity contribution in [1.29, 1.82) is 0 Å². The van der Waals surface area contributed by atoms with Crippen LogP contribution >= 0.6 is 0 Å². The maximum Gasteiger partial charge on any atom is 2.00 e. The smallest absolute Gasteiger partial charge is 0.680 e. The van der Waals surface area contributed by atoms with Crippen molar-refractivity contribution < 1.29 is 28.1 Å². The fraction of sp³-hybridized carbons (Fsp3) is 0.684. The third kappa shape index (κ3) is 13.9. The number of hydrogen-bond acceptors (Lipinski definition) is 2. The number of carbonyl (C=O) groups excluding carboxylic acids is 1. The molecular weight excluding hydrogens is 339 g/mol. The average Bonchev–Trinajstić information content (AvgIpc) is 2.92. The fourth-order valence-electron chi connectivity index (χ4n) is 2.27. The Morgan fingerprint density at radius 3 is 2.58 bits per heavy atom. The first kappa shape index (κ1) is 28.3. The summed E-state index contributed by atoms with van der Waals surface area (Å²) in [6, 6.07) is 0. The molecular formula is C19H36N2O2V. The van der Waals surface area contributed by atoms with Crippen LogP contribution in [0.4, 0.5) is 0 Å². The van der Waals surface area contributed by atoms with Crippen LogP contribution < -0.4 is 5.32 Å². The number of hydrogen-bond donors (Lipinski definition) is 1. The van der Waals surface area contributed by atoms with E-state index in [9.17, 15) is 4.79 Å². The summed E-state index contributed by atoms with van der Waals surface area (Å²) in [5, 5.41) is 2.91. The molecule has 1 unspecified atom stereocenters. The Kier molecular flexibility index (Phi) is 24.1. The van der Waals surface area contributed by atoms with Gasteiger partial charge in [-0.05, 0) is 26.2 Å². The van der Waals surface area contributed by atoms with Gasteiger partial charge in [0.05, 0.1) is 6.61 Å². The van der Waals surface area contributed by atoms with E-state index in [1.807, 2.05) is 20.8 Å². The van der Waals surface area contributed by atoms with E-state index in [1.54, 1.807) is 6.08 Å². The molecule has 0 aromatic carbocycles. The number of ether oxygens (including phenoxy) is 1. The van der Waals surface area contributed by atoms with Gasteiger partial charge in [0.1, 0.15) is 0 Å². The van der Waals surface area contributed by atoms with Crippen molar-refractivity contribution in [1.82, 2.24) is 5.32 Å². The maximum atomic E-state index is 11.7. The zero-order valence-corrected chi connectivity index (χ0v) is 17.4. The summed E-state index contributed by atoms with van der Waals surface area (Å²) in [6.45, 7) is 16.0. The summed E-state index contributed by atoms with van der Waals surface area (Å²) >= 11 is 0. The van der Waals surface area contributed by atoms with E-state index in [1.165, 1.54) is 18.2 Å². The molecule has 0 heterocycles. The van der Waals surface area contributed by atoms with E-state index in [0.717, 1.165) is 51.9 Å². The molecule has 1 aliphatic carbocycles. The molecule has 1 fully saturated rings. The molecule has 0 aromatic rings. The van der Waals surface area contributed by atoms with Crippen LogP contribution in [0, 0.1) is 12.8 Å². The van der Waals surface area contributed by atoms with Crippen molar-refractivity contribution in [2.75, 3.05) is 26.8 Å². The van der Waals surface area contributed by atoms with Crippen molar-refractivity contribution >= 4 is 5.91 Å². The van der Waals surface area contributed by atoms with Gasteiger partial charge in [-0.25, -0.2) is 0 Å². The number of rotatable bonds is 8. The van der Waals surface area contributed by atoms with Gasteiger partial charge in [-0.1, -0.05) is 38.0 Å². The minimum absolute atomic E-state index is 0. The van der Waals surface area contributed by atoms with E-state index < -0.39 is 0 Å². The normalized spacial score (nSPS) is 17.2. The minimum atomic E-state index is 0. The number of carbonyl (C=O) groups is 1. The molecule has 24 heavy (non-hydrogen) atoms. The number of unbranched alkanes of at least 4 members (excludes halogenated alkanes) is 2. The van der Waals surface area contributed by atoms with E-state index in [2.05, 4.69) is 18.8 Å². The Bertz CT molecular complexity index is 344. The molecule has 1 amide bonds. The van der Waals surface area contributed by atoms with Crippen molar-refractivity contribution in [2.24, 2.45) is 5.92 Å². The second kappa shape index (κ2) is 20.5. The first-order valence-electron chi connectivity index (χ1n) is 8.69. The largest absolute Gasteiger partial charge is 2.00 e. The molecule has 0 aliphatic heterocycles. The molecule has 0 aromatic heterocycles. The standard InChI is InChI=1S/C16H26NO2.C2H6.CH4N.V/c1-4-6-7-8-17-16(18)11-14-9-13(3)15(10-14)12-19-5-2;2*1-2;/h11,15H,1,3-10,12H2,2H3,(H,17,18);1-2H3;2H,1H3;/q-1;;-1;+2/b14-11-;;;. The van der Waals surface area contributed by atoms with Gasteiger partial charge in [0.2, 0.25) is 5.91 Å². The SMILES string of the molecule is C=C1C/C(=C/C(=O)NCCCC[CH2-])CC1COCC.CC.C[NH-].[V+2]. The second-order valence-electron chi connectivity index (χ2n) is 5.05. The summed E-state index contributed by atoms with van der Waals surface area (Å²) in [4.78, 5) is 11.7. The summed E-state index contributed by atoms with van der Waals surface area (Å²) in [5.74, 6) is 0.397. The zero-order chi connectivity index (χ0) is 18.1. The van der Waals surface area contributed by atoms with Crippen LogP contribution in [0.15, 0.2) is 23.8 Å². The van der Waals surface area contributed by atoms with Crippen LogP contribution in [0.2, 0.25) is 0 Å². The Morgan fingerprint density at radius 2 is 2.04 bits per heavy atom. The van der Waals surface area contributed by atoms with Gasteiger partial charge in [0.25, 0.3) is 0 Å². The summed E-state index contributed by atoms with van der Waals surface area (Å²) in [5.41, 5.74) is 8.11. The van der Waals surface area contributed by atoms with E-state index in [0.29, 0.717) is 5.92 Å². The van der Waals surface area contributed by atoms with Gasteiger partial charge >= 0.3 is 18.6 Å². The molecule has 2 N–H and O–H groups in total.